The lowest BCUT2D eigenvalue weighted by Crippen LogP contribution is -1.98. The fraction of sp³-hybridized carbons (Fsp3) is 0. The quantitative estimate of drug-likeness (QED) is 0.181. The van der Waals surface area contributed by atoms with Crippen LogP contribution in [-0.4, -0.2) is 24.1 Å². The fourth-order valence-corrected chi connectivity index (χ4v) is 7.81. The van der Waals surface area contributed by atoms with Gasteiger partial charge < -0.3 is 4.57 Å². The van der Waals surface area contributed by atoms with Crippen molar-refractivity contribution < 1.29 is 0 Å². The molecule has 0 atom stereocenters. The molecule has 0 aliphatic carbocycles. The summed E-state index contributed by atoms with van der Waals surface area (Å²) < 4.78 is 4.68. The SMILES string of the molecule is c1ccc(-n2c3ccccc3c3ccc(-n4c5cc(-c6cnc7cc8ccccc8cc7n6)ccc5c5cc6ccccc6cc54)cc32)nc1. The number of rotatable bonds is 3. The van der Waals surface area contributed by atoms with Crippen molar-refractivity contribution in [2.75, 3.05) is 0 Å². The topological polar surface area (TPSA) is 48.5 Å². The maximum atomic E-state index is 5.13. The highest BCUT2D eigenvalue weighted by Gasteiger charge is 2.18. The van der Waals surface area contributed by atoms with E-state index in [-0.39, 0.29) is 0 Å². The molecule has 50 heavy (non-hydrogen) atoms. The Bertz CT molecular complexity index is 3150. The first-order valence-electron chi connectivity index (χ1n) is 16.8. The third kappa shape index (κ3) is 3.98. The summed E-state index contributed by atoms with van der Waals surface area (Å²) in [4.78, 5) is 14.8. The Morgan fingerprint density at radius 3 is 1.86 bits per heavy atom. The Balaban J connectivity index is 1.19. The maximum Gasteiger partial charge on any atom is 0.137 e. The summed E-state index contributed by atoms with van der Waals surface area (Å²) in [6.07, 6.45) is 3.76. The molecule has 0 N–H and O–H groups in total. The van der Waals surface area contributed by atoms with Gasteiger partial charge in [-0.05, 0) is 82.2 Å². The molecule has 4 heterocycles. The van der Waals surface area contributed by atoms with E-state index in [1.165, 1.54) is 37.7 Å². The van der Waals surface area contributed by atoms with E-state index in [0.29, 0.717) is 0 Å². The molecular weight excluding hydrogens is 611 g/mol. The van der Waals surface area contributed by atoms with Crippen LogP contribution in [-0.2, 0) is 0 Å². The molecule has 232 valence electrons. The van der Waals surface area contributed by atoms with Gasteiger partial charge in [-0.3, -0.25) is 9.55 Å². The first-order valence-corrected chi connectivity index (χ1v) is 16.8. The van der Waals surface area contributed by atoms with Crippen molar-refractivity contribution in [2.45, 2.75) is 0 Å². The van der Waals surface area contributed by atoms with Gasteiger partial charge in [0.2, 0.25) is 0 Å². The minimum Gasteiger partial charge on any atom is -0.309 e. The summed E-state index contributed by atoms with van der Waals surface area (Å²) in [6, 6.07) is 54.1. The third-order valence-corrected chi connectivity index (χ3v) is 10.1. The van der Waals surface area contributed by atoms with Crippen molar-refractivity contribution >= 4 is 76.2 Å². The lowest BCUT2D eigenvalue weighted by atomic mass is 10.0. The normalized spacial score (nSPS) is 12.0. The zero-order chi connectivity index (χ0) is 32.8. The average Bonchev–Trinajstić information content (AvgIpc) is 3.67. The molecule has 11 aromatic rings. The van der Waals surface area contributed by atoms with Crippen LogP contribution in [0, 0.1) is 0 Å². The minimum absolute atomic E-state index is 0.849. The Hall–Kier alpha value is -6.85. The number of fused-ring (bicyclic) bond motifs is 9. The summed E-state index contributed by atoms with van der Waals surface area (Å²) in [7, 11) is 0. The van der Waals surface area contributed by atoms with E-state index in [9.17, 15) is 0 Å². The first kappa shape index (κ1) is 27.1. The predicted octanol–water partition coefficient (Wildman–Crippen LogP) is 11.2. The summed E-state index contributed by atoms with van der Waals surface area (Å²) >= 11 is 0. The minimum atomic E-state index is 0.849. The van der Waals surface area contributed by atoms with Crippen LogP contribution in [0.4, 0.5) is 0 Å². The van der Waals surface area contributed by atoms with E-state index in [1.807, 2.05) is 24.5 Å². The zero-order valence-corrected chi connectivity index (χ0v) is 26.8. The third-order valence-electron chi connectivity index (χ3n) is 10.1. The largest absolute Gasteiger partial charge is 0.309 e. The van der Waals surface area contributed by atoms with Gasteiger partial charge in [-0.25, -0.2) is 9.97 Å². The standard InChI is InChI=1S/C45H27N5/c1-4-12-31-24-43-37(21-28(31)9-1)36-18-16-32(40-27-47-38-22-29-10-2-3-11-30(29)23-39(38)48-40)25-42(36)49(43)33-17-19-35-34-13-5-6-14-41(34)50(44(35)26-33)45-15-7-8-20-46-45/h1-27H. The van der Waals surface area contributed by atoms with Gasteiger partial charge in [-0.2, -0.15) is 0 Å². The van der Waals surface area contributed by atoms with E-state index in [4.69, 9.17) is 15.0 Å². The second-order valence-electron chi connectivity index (χ2n) is 13.0. The van der Waals surface area contributed by atoms with Crippen LogP contribution < -0.4 is 0 Å². The average molecular weight is 638 g/mol. The highest BCUT2D eigenvalue weighted by Crippen LogP contribution is 2.39. The molecule has 7 aromatic carbocycles. The molecule has 0 aliphatic heterocycles. The molecule has 0 spiro atoms. The Labute approximate surface area is 286 Å². The molecule has 11 rings (SSSR count). The molecule has 0 saturated carbocycles. The van der Waals surface area contributed by atoms with Crippen molar-refractivity contribution in [2.24, 2.45) is 0 Å². The number of pyridine rings is 1. The molecular formula is C45H27N5. The second kappa shape index (κ2) is 10.3. The highest BCUT2D eigenvalue weighted by molar-refractivity contribution is 6.15. The van der Waals surface area contributed by atoms with Crippen LogP contribution in [0.5, 0.6) is 0 Å². The number of hydrogen-bond acceptors (Lipinski definition) is 3. The lowest BCUT2D eigenvalue weighted by molar-refractivity contribution is 1.08. The highest BCUT2D eigenvalue weighted by atomic mass is 15.1. The molecule has 5 nitrogen and oxygen atoms in total. The van der Waals surface area contributed by atoms with Gasteiger partial charge in [0, 0.05) is 39.0 Å². The van der Waals surface area contributed by atoms with E-state index in [1.54, 1.807) is 0 Å². The van der Waals surface area contributed by atoms with Gasteiger partial charge in [-0.15, -0.1) is 0 Å². The Morgan fingerprint density at radius 2 is 1.04 bits per heavy atom. The number of para-hydroxylation sites is 1. The maximum absolute atomic E-state index is 5.13. The Kier molecular flexibility index (Phi) is 5.60. The summed E-state index contributed by atoms with van der Waals surface area (Å²) in [5.74, 6) is 0.897. The molecule has 5 heteroatoms. The smallest absolute Gasteiger partial charge is 0.137 e. The summed E-state index contributed by atoms with van der Waals surface area (Å²) in [6.45, 7) is 0. The zero-order valence-electron chi connectivity index (χ0n) is 26.8. The van der Waals surface area contributed by atoms with Gasteiger partial charge in [-0.1, -0.05) is 91.0 Å². The molecule has 4 aromatic heterocycles. The van der Waals surface area contributed by atoms with E-state index in [0.717, 1.165) is 61.2 Å². The second-order valence-corrected chi connectivity index (χ2v) is 13.0. The van der Waals surface area contributed by atoms with Crippen LogP contribution >= 0.6 is 0 Å². The molecule has 0 fully saturated rings. The van der Waals surface area contributed by atoms with Gasteiger partial charge in [0.1, 0.15) is 5.82 Å². The first-order chi connectivity index (χ1) is 24.8. The number of aromatic nitrogens is 5. The summed E-state index contributed by atoms with van der Waals surface area (Å²) in [5, 5.41) is 9.57. The van der Waals surface area contributed by atoms with Gasteiger partial charge >= 0.3 is 0 Å². The van der Waals surface area contributed by atoms with Crippen molar-refractivity contribution in [3.05, 3.63) is 164 Å². The number of hydrogen-bond donors (Lipinski definition) is 0. The van der Waals surface area contributed by atoms with E-state index in [2.05, 4.69) is 149 Å². The molecule has 0 radical (unpaired) electrons. The lowest BCUT2D eigenvalue weighted by Gasteiger charge is -2.12. The van der Waals surface area contributed by atoms with Crippen molar-refractivity contribution in [3.63, 3.8) is 0 Å². The van der Waals surface area contributed by atoms with Gasteiger partial charge in [0.05, 0.1) is 45.0 Å². The molecule has 0 saturated heterocycles. The number of benzene rings is 7. The monoisotopic (exact) mass is 637 g/mol. The summed E-state index contributed by atoms with van der Waals surface area (Å²) in [5.41, 5.74) is 9.27. The number of nitrogens with zero attached hydrogens (tertiary/aromatic N) is 5. The Morgan fingerprint density at radius 1 is 0.400 bits per heavy atom. The predicted molar refractivity (Wildman–Crippen MR) is 206 cm³/mol. The van der Waals surface area contributed by atoms with Crippen LogP contribution in [0.2, 0.25) is 0 Å². The van der Waals surface area contributed by atoms with Crippen molar-refractivity contribution in [1.82, 2.24) is 24.1 Å². The van der Waals surface area contributed by atoms with Crippen LogP contribution in [0.25, 0.3) is 99.0 Å². The van der Waals surface area contributed by atoms with Crippen LogP contribution in [0.1, 0.15) is 0 Å². The van der Waals surface area contributed by atoms with E-state index >= 15 is 0 Å². The van der Waals surface area contributed by atoms with Crippen LogP contribution in [0.3, 0.4) is 0 Å². The van der Waals surface area contributed by atoms with E-state index < -0.39 is 0 Å². The van der Waals surface area contributed by atoms with Crippen molar-refractivity contribution in [1.29, 1.82) is 0 Å². The van der Waals surface area contributed by atoms with Crippen LogP contribution in [0.15, 0.2) is 164 Å². The molecule has 0 amide bonds. The van der Waals surface area contributed by atoms with Gasteiger partial charge in [0.25, 0.3) is 0 Å². The fourth-order valence-electron chi connectivity index (χ4n) is 7.81. The molecule has 0 unspecified atom stereocenters. The molecule has 0 bridgehead atoms. The van der Waals surface area contributed by atoms with Crippen molar-refractivity contribution in [3.8, 4) is 22.8 Å². The molecule has 0 aliphatic rings. The van der Waals surface area contributed by atoms with Gasteiger partial charge in [0.15, 0.2) is 0 Å².